The third-order valence-corrected chi connectivity index (χ3v) is 16.2. The van der Waals surface area contributed by atoms with Crippen LogP contribution in [0, 0.1) is 66.1 Å². The molecule has 5 aliphatic rings. The van der Waals surface area contributed by atoms with Crippen LogP contribution in [0.3, 0.4) is 0 Å². The summed E-state index contributed by atoms with van der Waals surface area (Å²) >= 11 is 0. The summed E-state index contributed by atoms with van der Waals surface area (Å²) in [7, 11) is 1.39. The third-order valence-electron chi connectivity index (χ3n) is 16.2. The van der Waals surface area contributed by atoms with Crippen molar-refractivity contribution in [1.29, 1.82) is 0 Å². The van der Waals surface area contributed by atoms with Crippen molar-refractivity contribution in [3.63, 3.8) is 0 Å². The standard InChI is InChI=1S/C55H86N4O5/c1-13-39-35(8)42-28-44-37(10)41(24-25-48(60)64-27-26-34(7)23-17-22-33(6)21-16-20-32(5)19-15-18-31(3)4)52(58-44)50-51(55(62)63-12)54(61)49-38(11)45(59-53(49)50)30-47-40(14-2)36(9)43(57-47)29-46(39)56-42/h28-34,36-38,40-41,47,51-52,56-59,61H,13-27H2,1-12H3/b43-29-,44-28-,45-30-/t32-,33+,34?,36+,37-,38-,40-,41-,47?,51+,52?/m0/s1. The van der Waals surface area contributed by atoms with Crippen molar-refractivity contribution in [2.24, 2.45) is 59.2 Å². The lowest BCUT2D eigenvalue weighted by Gasteiger charge is -2.27. The van der Waals surface area contributed by atoms with Crippen molar-refractivity contribution in [2.45, 2.75) is 178 Å². The topological polar surface area (TPSA) is 125 Å². The molecule has 0 spiro atoms. The first-order valence-corrected chi connectivity index (χ1v) is 25.6. The Morgan fingerprint density at radius 2 is 1.38 bits per heavy atom. The van der Waals surface area contributed by atoms with Crippen LogP contribution in [0.2, 0.25) is 0 Å². The van der Waals surface area contributed by atoms with Crippen molar-refractivity contribution in [2.75, 3.05) is 13.7 Å². The van der Waals surface area contributed by atoms with E-state index < -0.39 is 11.9 Å². The highest BCUT2D eigenvalue weighted by molar-refractivity contribution is 5.83. The molecule has 8 bridgehead atoms. The molecule has 9 nitrogen and oxygen atoms in total. The molecule has 11 atom stereocenters. The predicted molar refractivity (Wildman–Crippen MR) is 262 cm³/mol. The quantitative estimate of drug-likeness (QED) is 0.0773. The fourth-order valence-electron chi connectivity index (χ4n) is 11.9. The zero-order chi connectivity index (χ0) is 46.4. The van der Waals surface area contributed by atoms with Crippen molar-refractivity contribution >= 4 is 24.1 Å². The summed E-state index contributed by atoms with van der Waals surface area (Å²) in [5.41, 5.74) is 10.4. The highest BCUT2D eigenvalue weighted by Crippen LogP contribution is 2.51. The summed E-state index contributed by atoms with van der Waals surface area (Å²) in [6.07, 6.45) is 22.3. The van der Waals surface area contributed by atoms with Crippen LogP contribution in [0.1, 0.15) is 175 Å². The monoisotopic (exact) mass is 883 g/mol. The van der Waals surface area contributed by atoms with E-state index in [9.17, 15) is 14.7 Å². The van der Waals surface area contributed by atoms with Gasteiger partial charge in [0.25, 0.3) is 0 Å². The molecule has 1 aromatic rings. The smallest absolute Gasteiger partial charge is 0.320 e. The minimum absolute atomic E-state index is 0.0260. The number of hydrogen-bond acceptors (Lipinski definition) is 8. The van der Waals surface area contributed by atoms with Crippen LogP contribution in [0.15, 0.2) is 45.8 Å². The van der Waals surface area contributed by atoms with Gasteiger partial charge in [0.15, 0.2) is 0 Å². The zero-order valence-corrected chi connectivity index (χ0v) is 41.8. The van der Waals surface area contributed by atoms with E-state index in [0.717, 1.165) is 83.1 Å². The number of methoxy groups -OCH3 is 1. The number of carbonyl (C=O) groups excluding carboxylic acids is 2. The molecule has 0 aromatic carbocycles. The maximum Gasteiger partial charge on any atom is 0.320 e. The minimum atomic E-state index is -0.936. The first-order valence-electron chi connectivity index (χ1n) is 25.6. The maximum absolute atomic E-state index is 13.7. The van der Waals surface area contributed by atoms with Gasteiger partial charge >= 0.3 is 11.9 Å². The van der Waals surface area contributed by atoms with E-state index in [2.05, 4.69) is 115 Å². The molecule has 0 saturated carbocycles. The number of aromatic amines is 1. The molecule has 1 aliphatic carbocycles. The van der Waals surface area contributed by atoms with E-state index in [-0.39, 0.29) is 48.0 Å². The van der Waals surface area contributed by atoms with E-state index in [1.165, 1.54) is 75.3 Å². The molecule has 5 heterocycles. The van der Waals surface area contributed by atoms with Gasteiger partial charge in [-0.1, -0.05) is 133 Å². The van der Waals surface area contributed by atoms with Gasteiger partial charge in [-0.25, -0.2) is 0 Å². The van der Waals surface area contributed by atoms with E-state index in [0.29, 0.717) is 30.8 Å². The molecule has 64 heavy (non-hydrogen) atoms. The molecular formula is C55H86N4O5. The lowest BCUT2D eigenvalue weighted by atomic mass is 9.80. The maximum atomic E-state index is 13.7. The highest BCUT2D eigenvalue weighted by Gasteiger charge is 2.52. The van der Waals surface area contributed by atoms with Gasteiger partial charge in [0.1, 0.15) is 11.7 Å². The Labute approximate surface area is 387 Å². The highest BCUT2D eigenvalue weighted by atomic mass is 16.5. The number of fused-ring (bicyclic) bond motifs is 8. The summed E-state index contributed by atoms with van der Waals surface area (Å²) in [5.74, 6) is 1.94. The zero-order valence-electron chi connectivity index (χ0n) is 41.8. The second-order valence-electron chi connectivity index (χ2n) is 21.3. The van der Waals surface area contributed by atoms with Crippen LogP contribution in [-0.2, 0) is 25.5 Å². The Morgan fingerprint density at radius 3 is 1.98 bits per heavy atom. The van der Waals surface area contributed by atoms with E-state index in [1.807, 2.05) is 0 Å². The predicted octanol–water partition coefficient (Wildman–Crippen LogP) is 12.2. The largest absolute Gasteiger partial charge is 0.511 e. The molecule has 0 radical (unpaired) electrons. The molecule has 3 saturated heterocycles. The second kappa shape index (κ2) is 22.1. The van der Waals surface area contributed by atoms with Crippen LogP contribution in [0.5, 0.6) is 0 Å². The SMILES string of the molecule is CCc1c2[nH]c(c1C)/C=C1\NC(C3=C4N/C(=C\C5N/C(=C\2)[C@H](C)[C@@H]5CC)[C@H](C)C4=C(O)[C@@H]3C(=O)OC)[C@@H](CCC(=O)OCCC(C)CCC[C@H](C)CCC[C@@H](C)CCCC(C)C)[C@@H]1C. The molecule has 9 heteroatoms. The van der Waals surface area contributed by atoms with Crippen molar-refractivity contribution in [1.82, 2.24) is 20.9 Å². The summed E-state index contributed by atoms with van der Waals surface area (Å²) < 4.78 is 11.3. The number of H-pyrrole nitrogens is 1. The van der Waals surface area contributed by atoms with Crippen LogP contribution in [0.4, 0.5) is 0 Å². The number of aliphatic hydroxyl groups is 1. The van der Waals surface area contributed by atoms with Gasteiger partial charge in [-0.3, -0.25) is 9.59 Å². The minimum Gasteiger partial charge on any atom is -0.511 e. The first-order chi connectivity index (χ1) is 30.6. The molecule has 4 aliphatic heterocycles. The fourth-order valence-corrected chi connectivity index (χ4v) is 11.9. The third kappa shape index (κ3) is 11.0. The number of aliphatic hydroxyl groups excluding tert-OH is 1. The molecule has 5 N–H and O–H groups in total. The van der Waals surface area contributed by atoms with Crippen LogP contribution in [-0.4, -0.2) is 47.8 Å². The molecule has 6 rings (SSSR count). The number of rotatable bonds is 21. The summed E-state index contributed by atoms with van der Waals surface area (Å²) in [6.45, 7) is 25.5. The van der Waals surface area contributed by atoms with E-state index >= 15 is 0 Å². The van der Waals surface area contributed by atoms with Crippen LogP contribution < -0.4 is 16.0 Å². The number of allylic oxidation sites excluding steroid dienone is 4. The van der Waals surface area contributed by atoms with Gasteiger partial charge in [0.05, 0.1) is 19.8 Å². The molecule has 1 aromatic heterocycles. The Balaban J connectivity index is 1.15. The van der Waals surface area contributed by atoms with Gasteiger partial charge in [0, 0.05) is 70.0 Å². The van der Waals surface area contributed by atoms with Gasteiger partial charge in [-0.05, 0) is 96.6 Å². The van der Waals surface area contributed by atoms with E-state index in [1.54, 1.807) is 0 Å². The van der Waals surface area contributed by atoms with Crippen molar-refractivity contribution in [3.05, 3.63) is 68.3 Å². The summed E-state index contributed by atoms with van der Waals surface area (Å²) in [6, 6.07) is -0.230. The van der Waals surface area contributed by atoms with Gasteiger partial charge in [-0.15, -0.1) is 0 Å². The molecular weight excluding hydrogens is 797 g/mol. The van der Waals surface area contributed by atoms with E-state index in [4.69, 9.17) is 9.47 Å². The molecule has 356 valence electrons. The van der Waals surface area contributed by atoms with Crippen LogP contribution in [0.25, 0.3) is 12.2 Å². The lowest BCUT2D eigenvalue weighted by molar-refractivity contribution is -0.145. The Morgan fingerprint density at radius 1 is 0.781 bits per heavy atom. The number of ether oxygens (including phenoxy) is 2. The summed E-state index contributed by atoms with van der Waals surface area (Å²) in [4.78, 5) is 31.0. The number of esters is 2. The number of nitrogens with one attached hydrogen (secondary N) is 4. The average Bonchev–Trinajstić information content (AvgIpc) is 3.99. The Kier molecular flexibility index (Phi) is 17.1. The number of aromatic nitrogens is 1. The average molecular weight is 883 g/mol. The first kappa shape index (κ1) is 49.6. The second-order valence-corrected chi connectivity index (χ2v) is 21.3. The molecule has 0 amide bonds. The summed E-state index contributed by atoms with van der Waals surface area (Å²) in [5, 5.41) is 23.5. The molecule has 3 fully saturated rings. The van der Waals surface area contributed by atoms with Gasteiger partial charge in [0.2, 0.25) is 0 Å². The number of hydrogen-bond donors (Lipinski definition) is 5. The fraction of sp³-hybridized carbons (Fsp3) is 0.709. The normalized spacial score (nSPS) is 29.9. The molecule has 3 unspecified atom stereocenters. The van der Waals surface area contributed by atoms with Crippen molar-refractivity contribution in [3.8, 4) is 0 Å². The Hall–Kier alpha value is -3.88. The van der Waals surface area contributed by atoms with Crippen LogP contribution >= 0.6 is 0 Å². The van der Waals surface area contributed by atoms with Crippen molar-refractivity contribution < 1.29 is 24.2 Å². The number of carbonyl (C=O) groups is 2. The van der Waals surface area contributed by atoms with Gasteiger partial charge < -0.3 is 35.5 Å². The lowest BCUT2D eigenvalue weighted by Crippen LogP contribution is -2.37. The van der Waals surface area contributed by atoms with Gasteiger partial charge in [-0.2, -0.15) is 0 Å². The Bertz CT molecular complexity index is 1970.